The molecule has 0 aliphatic carbocycles. The Kier molecular flexibility index (Phi) is 3.83. The molecule has 0 saturated carbocycles. The molecule has 82 valence electrons. The summed E-state index contributed by atoms with van der Waals surface area (Å²) < 4.78 is 5.39. The van der Waals surface area contributed by atoms with Gasteiger partial charge in [0.15, 0.2) is 0 Å². The highest BCUT2D eigenvalue weighted by Gasteiger charge is 2.14. The van der Waals surface area contributed by atoms with Gasteiger partial charge in [-0.25, -0.2) is 0 Å². The molecule has 1 amide bonds. The third-order valence-corrected chi connectivity index (χ3v) is 2.54. The van der Waals surface area contributed by atoms with E-state index in [1.807, 2.05) is 13.8 Å². The molecule has 0 bridgehead atoms. The van der Waals surface area contributed by atoms with Crippen molar-refractivity contribution in [3.63, 3.8) is 0 Å². The Morgan fingerprint density at radius 1 is 1.33 bits per heavy atom. The molecule has 0 saturated heterocycles. The normalized spacial score (nSPS) is 10.5. The van der Waals surface area contributed by atoms with Gasteiger partial charge in [-0.1, -0.05) is 23.2 Å². The van der Waals surface area contributed by atoms with Gasteiger partial charge in [0.05, 0.1) is 16.7 Å². The van der Waals surface area contributed by atoms with Crippen LogP contribution in [0.4, 0.5) is 0 Å². The summed E-state index contributed by atoms with van der Waals surface area (Å²) >= 11 is 11.8. The molecule has 0 unspecified atom stereocenters. The van der Waals surface area contributed by atoms with Crippen LogP contribution in [0.25, 0.3) is 0 Å². The fraction of sp³-hybridized carbons (Fsp3) is 0.300. The van der Waals surface area contributed by atoms with Gasteiger partial charge in [-0.05, 0) is 26.0 Å². The Bertz CT molecular complexity index is 391. The third-order valence-electron chi connectivity index (χ3n) is 1.68. The van der Waals surface area contributed by atoms with E-state index in [0.717, 1.165) is 0 Å². The van der Waals surface area contributed by atoms with Crippen LogP contribution in [-0.2, 0) is 0 Å². The zero-order valence-corrected chi connectivity index (χ0v) is 9.89. The maximum absolute atomic E-state index is 10.9. The number of benzene rings is 1. The number of rotatable bonds is 3. The Morgan fingerprint density at radius 2 is 1.93 bits per heavy atom. The first-order valence-corrected chi connectivity index (χ1v) is 5.13. The van der Waals surface area contributed by atoms with Gasteiger partial charge in [0.1, 0.15) is 10.8 Å². The second kappa shape index (κ2) is 4.73. The fourth-order valence-corrected chi connectivity index (χ4v) is 1.53. The van der Waals surface area contributed by atoms with Crippen LogP contribution in [0.3, 0.4) is 0 Å². The zero-order valence-electron chi connectivity index (χ0n) is 8.38. The quantitative estimate of drug-likeness (QED) is 0.894. The van der Waals surface area contributed by atoms with E-state index in [9.17, 15) is 4.79 Å². The van der Waals surface area contributed by atoms with E-state index in [0.29, 0.717) is 5.75 Å². The second-order valence-corrected chi connectivity index (χ2v) is 4.03. The number of primary amides is 1. The number of hydrogen-bond donors (Lipinski definition) is 1. The van der Waals surface area contributed by atoms with E-state index < -0.39 is 5.91 Å². The first-order valence-electron chi connectivity index (χ1n) is 4.38. The van der Waals surface area contributed by atoms with Crippen LogP contribution in [0.5, 0.6) is 5.75 Å². The molecule has 2 N–H and O–H groups in total. The molecule has 5 heteroatoms. The number of hydrogen-bond acceptors (Lipinski definition) is 2. The van der Waals surface area contributed by atoms with Crippen molar-refractivity contribution in [1.82, 2.24) is 0 Å². The number of halogens is 2. The summed E-state index contributed by atoms with van der Waals surface area (Å²) in [6.45, 7) is 3.73. The molecule has 0 fully saturated rings. The van der Waals surface area contributed by atoms with Crippen molar-refractivity contribution in [3.05, 3.63) is 27.7 Å². The Hall–Kier alpha value is -0.930. The van der Waals surface area contributed by atoms with E-state index in [-0.39, 0.29) is 21.7 Å². The summed E-state index contributed by atoms with van der Waals surface area (Å²) in [5.41, 5.74) is 5.30. The predicted octanol–water partition coefficient (Wildman–Crippen LogP) is 2.88. The van der Waals surface area contributed by atoms with Crippen molar-refractivity contribution in [2.75, 3.05) is 0 Å². The summed E-state index contributed by atoms with van der Waals surface area (Å²) in [7, 11) is 0. The minimum absolute atomic E-state index is 0.0157. The molecule has 0 radical (unpaired) electrons. The maximum Gasteiger partial charge on any atom is 0.250 e. The van der Waals surface area contributed by atoms with E-state index in [2.05, 4.69) is 0 Å². The Balaban J connectivity index is 3.15. The average molecular weight is 248 g/mol. The summed E-state index contributed by atoms with van der Waals surface area (Å²) in [4.78, 5) is 10.9. The SMILES string of the molecule is CC(C)Oc1ccc(C(N)=O)c(Cl)c1Cl. The van der Waals surface area contributed by atoms with E-state index in [1.54, 1.807) is 6.07 Å². The highest BCUT2D eigenvalue weighted by molar-refractivity contribution is 6.44. The Labute approximate surface area is 98.1 Å². The van der Waals surface area contributed by atoms with Crippen LogP contribution < -0.4 is 10.5 Å². The topological polar surface area (TPSA) is 52.3 Å². The van der Waals surface area contributed by atoms with Gasteiger partial charge in [-0.2, -0.15) is 0 Å². The minimum atomic E-state index is -0.613. The largest absolute Gasteiger partial charge is 0.489 e. The summed E-state index contributed by atoms with van der Waals surface area (Å²) in [6, 6.07) is 3.07. The molecule has 0 aliphatic heterocycles. The van der Waals surface area contributed by atoms with Crippen molar-refractivity contribution in [3.8, 4) is 5.75 Å². The molecule has 1 aromatic rings. The molecule has 0 heterocycles. The highest BCUT2D eigenvalue weighted by Crippen LogP contribution is 2.34. The van der Waals surface area contributed by atoms with Gasteiger partial charge in [0, 0.05) is 0 Å². The molecule has 1 rings (SSSR count). The van der Waals surface area contributed by atoms with Crippen LogP contribution in [0.2, 0.25) is 10.0 Å². The lowest BCUT2D eigenvalue weighted by atomic mass is 10.2. The van der Waals surface area contributed by atoms with Crippen LogP contribution in [0.1, 0.15) is 24.2 Å². The standard InChI is InChI=1S/C10H11Cl2NO2/c1-5(2)15-7-4-3-6(10(13)14)8(11)9(7)12/h3-5H,1-2H3,(H2,13,14). The third kappa shape index (κ3) is 2.76. The monoisotopic (exact) mass is 247 g/mol. The van der Waals surface area contributed by atoms with Gasteiger partial charge in [-0.3, -0.25) is 4.79 Å². The summed E-state index contributed by atoms with van der Waals surface area (Å²) in [6.07, 6.45) is -0.0157. The van der Waals surface area contributed by atoms with Crippen molar-refractivity contribution in [1.29, 1.82) is 0 Å². The number of nitrogens with two attached hydrogens (primary N) is 1. The number of carbonyl (C=O) groups excluding carboxylic acids is 1. The highest BCUT2D eigenvalue weighted by atomic mass is 35.5. The zero-order chi connectivity index (χ0) is 11.6. The number of carbonyl (C=O) groups is 1. The van der Waals surface area contributed by atoms with Crippen molar-refractivity contribution in [2.24, 2.45) is 5.73 Å². The van der Waals surface area contributed by atoms with Crippen molar-refractivity contribution >= 4 is 29.1 Å². The lowest BCUT2D eigenvalue weighted by molar-refractivity contribution is 0.100. The molecule has 0 spiro atoms. The van der Waals surface area contributed by atoms with Crippen molar-refractivity contribution in [2.45, 2.75) is 20.0 Å². The van der Waals surface area contributed by atoms with Crippen LogP contribution in [0.15, 0.2) is 12.1 Å². The van der Waals surface area contributed by atoms with Gasteiger partial charge < -0.3 is 10.5 Å². The molecular weight excluding hydrogens is 237 g/mol. The minimum Gasteiger partial charge on any atom is -0.489 e. The van der Waals surface area contributed by atoms with E-state index in [4.69, 9.17) is 33.7 Å². The number of ether oxygens (including phenoxy) is 1. The second-order valence-electron chi connectivity index (χ2n) is 3.27. The maximum atomic E-state index is 10.9. The van der Waals surface area contributed by atoms with Gasteiger partial charge in [-0.15, -0.1) is 0 Å². The molecule has 0 aliphatic rings. The molecular formula is C10H11Cl2NO2. The Morgan fingerprint density at radius 3 is 2.40 bits per heavy atom. The smallest absolute Gasteiger partial charge is 0.250 e. The van der Waals surface area contributed by atoms with Gasteiger partial charge in [0.2, 0.25) is 5.91 Å². The van der Waals surface area contributed by atoms with Crippen LogP contribution in [-0.4, -0.2) is 12.0 Å². The molecule has 15 heavy (non-hydrogen) atoms. The summed E-state index contributed by atoms with van der Waals surface area (Å²) in [5, 5.41) is 0.337. The first kappa shape index (κ1) is 12.1. The van der Waals surface area contributed by atoms with Gasteiger partial charge >= 0.3 is 0 Å². The molecule has 1 aromatic carbocycles. The van der Waals surface area contributed by atoms with Crippen LogP contribution >= 0.6 is 23.2 Å². The predicted molar refractivity (Wildman–Crippen MR) is 60.7 cm³/mol. The lowest BCUT2D eigenvalue weighted by Crippen LogP contribution is -2.12. The summed E-state index contributed by atoms with van der Waals surface area (Å²) in [5.74, 6) is -0.167. The van der Waals surface area contributed by atoms with Gasteiger partial charge in [0.25, 0.3) is 0 Å². The molecule has 3 nitrogen and oxygen atoms in total. The molecule has 0 atom stereocenters. The number of amides is 1. The lowest BCUT2D eigenvalue weighted by Gasteiger charge is -2.13. The first-order chi connectivity index (χ1) is 6.93. The van der Waals surface area contributed by atoms with E-state index in [1.165, 1.54) is 6.07 Å². The van der Waals surface area contributed by atoms with E-state index >= 15 is 0 Å². The molecule has 0 aromatic heterocycles. The van der Waals surface area contributed by atoms with Crippen LogP contribution in [0, 0.1) is 0 Å². The fourth-order valence-electron chi connectivity index (χ4n) is 1.07. The van der Waals surface area contributed by atoms with Crippen molar-refractivity contribution < 1.29 is 9.53 Å². The average Bonchev–Trinajstić information content (AvgIpc) is 2.12.